The second kappa shape index (κ2) is 1.82. The molecular formula is C10H17N. The van der Waals surface area contributed by atoms with E-state index in [4.69, 9.17) is 5.73 Å². The number of hydrogen-bond acceptors (Lipinski definition) is 1. The van der Waals surface area contributed by atoms with Crippen molar-refractivity contribution >= 4 is 0 Å². The van der Waals surface area contributed by atoms with E-state index in [0.717, 1.165) is 11.8 Å². The first-order valence-corrected chi connectivity index (χ1v) is 5.08. The summed E-state index contributed by atoms with van der Waals surface area (Å²) in [4.78, 5) is 0. The Morgan fingerprint density at radius 1 is 1.18 bits per heavy atom. The molecule has 3 fully saturated rings. The molecule has 3 atom stereocenters. The summed E-state index contributed by atoms with van der Waals surface area (Å²) < 4.78 is 0. The summed E-state index contributed by atoms with van der Waals surface area (Å²) in [6.45, 7) is 0. The predicted molar refractivity (Wildman–Crippen MR) is 45.1 cm³/mol. The van der Waals surface area contributed by atoms with Crippen LogP contribution in [0.5, 0.6) is 0 Å². The third-order valence-electron chi connectivity index (χ3n) is 4.74. The van der Waals surface area contributed by atoms with Crippen molar-refractivity contribution in [2.45, 2.75) is 44.6 Å². The predicted octanol–water partition coefficient (Wildman–Crippen LogP) is 1.91. The second-order valence-electron chi connectivity index (χ2n) is 4.88. The maximum absolute atomic E-state index is 6.26. The summed E-state index contributed by atoms with van der Waals surface area (Å²) >= 11 is 0. The third kappa shape index (κ3) is 0.581. The minimum absolute atomic E-state index is 0.593. The molecule has 11 heavy (non-hydrogen) atoms. The summed E-state index contributed by atoms with van der Waals surface area (Å²) in [6, 6.07) is 0.593. The molecule has 1 heteroatoms. The molecule has 62 valence electrons. The topological polar surface area (TPSA) is 26.0 Å². The Bertz CT molecular complexity index is 179. The zero-order valence-electron chi connectivity index (χ0n) is 7.05. The lowest BCUT2D eigenvalue weighted by Gasteiger charge is -2.49. The van der Waals surface area contributed by atoms with Crippen molar-refractivity contribution in [3.05, 3.63) is 0 Å². The molecule has 3 aliphatic rings. The smallest absolute Gasteiger partial charge is 0.0127 e. The van der Waals surface area contributed by atoms with Gasteiger partial charge in [0.25, 0.3) is 0 Å². The van der Waals surface area contributed by atoms with E-state index in [2.05, 4.69) is 0 Å². The lowest BCUT2D eigenvalue weighted by atomic mass is 9.58. The van der Waals surface area contributed by atoms with E-state index < -0.39 is 0 Å². The monoisotopic (exact) mass is 151 g/mol. The first kappa shape index (κ1) is 6.47. The van der Waals surface area contributed by atoms with Crippen molar-refractivity contribution in [3.8, 4) is 0 Å². The fraction of sp³-hybridized carbons (Fsp3) is 1.00. The first-order chi connectivity index (χ1) is 5.33. The molecule has 0 aromatic carbocycles. The fourth-order valence-corrected chi connectivity index (χ4v) is 3.93. The van der Waals surface area contributed by atoms with Gasteiger partial charge in [-0.15, -0.1) is 0 Å². The van der Waals surface area contributed by atoms with Gasteiger partial charge in [0.05, 0.1) is 0 Å². The van der Waals surface area contributed by atoms with Crippen LogP contribution in [0, 0.1) is 17.3 Å². The minimum Gasteiger partial charge on any atom is -0.327 e. The quantitative estimate of drug-likeness (QED) is 0.562. The molecule has 3 unspecified atom stereocenters. The van der Waals surface area contributed by atoms with Crippen molar-refractivity contribution in [1.82, 2.24) is 0 Å². The molecule has 3 saturated carbocycles. The molecule has 0 aromatic rings. The zero-order valence-corrected chi connectivity index (χ0v) is 7.05. The van der Waals surface area contributed by atoms with Gasteiger partial charge in [-0.1, -0.05) is 6.42 Å². The maximum Gasteiger partial charge on any atom is 0.0127 e. The van der Waals surface area contributed by atoms with Crippen LogP contribution < -0.4 is 5.73 Å². The van der Waals surface area contributed by atoms with Crippen molar-refractivity contribution < 1.29 is 0 Å². The maximum atomic E-state index is 6.26. The van der Waals surface area contributed by atoms with E-state index in [1.54, 1.807) is 0 Å². The molecule has 3 aliphatic carbocycles. The molecule has 0 radical (unpaired) electrons. The molecule has 0 saturated heterocycles. The van der Waals surface area contributed by atoms with Gasteiger partial charge in [0.1, 0.15) is 0 Å². The summed E-state index contributed by atoms with van der Waals surface area (Å²) in [7, 11) is 0. The standard InChI is InChI=1S/C10H17N/c11-9-7-2-3-8(6-7)10(9)4-1-5-10/h7-9H,1-6,11H2. The third-order valence-corrected chi connectivity index (χ3v) is 4.74. The van der Waals surface area contributed by atoms with Gasteiger partial charge in [-0.05, 0) is 49.4 Å². The average Bonchev–Trinajstić information content (AvgIpc) is 2.41. The lowest BCUT2D eigenvalue weighted by Crippen LogP contribution is -2.50. The molecule has 0 amide bonds. The van der Waals surface area contributed by atoms with E-state index in [1.165, 1.54) is 38.5 Å². The van der Waals surface area contributed by atoms with E-state index in [-0.39, 0.29) is 0 Å². The van der Waals surface area contributed by atoms with Crippen molar-refractivity contribution in [1.29, 1.82) is 0 Å². The summed E-state index contributed by atoms with van der Waals surface area (Å²) in [6.07, 6.45) is 8.77. The average molecular weight is 151 g/mol. The Labute approximate surface area is 68.3 Å². The molecule has 1 spiro atoms. The fourth-order valence-electron chi connectivity index (χ4n) is 3.93. The second-order valence-corrected chi connectivity index (χ2v) is 4.88. The van der Waals surface area contributed by atoms with Gasteiger partial charge in [0.15, 0.2) is 0 Å². The van der Waals surface area contributed by atoms with Gasteiger partial charge >= 0.3 is 0 Å². The number of rotatable bonds is 0. The number of hydrogen-bond donors (Lipinski definition) is 1. The van der Waals surface area contributed by atoms with Gasteiger partial charge < -0.3 is 5.73 Å². The van der Waals surface area contributed by atoms with Crippen LogP contribution in [0.3, 0.4) is 0 Å². The SMILES string of the molecule is NC1C2CCC(C2)C12CCC2. The van der Waals surface area contributed by atoms with Gasteiger partial charge in [-0.25, -0.2) is 0 Å². The highest BCUT2D eigenvalue weighted by atomic mass is 14.8. The van der Waals surface area contributed by atoms with Gasteiger partial charge in [-0.3, -0.25) is 0 Å². The van der Waals surface area contributed by atoms with E-state index in [9.17, 15) is 0 Å². The Kier molecular flexibility index (Phi) is 1.07. The van der Waals surface area contributed by atoms with E-state index in [1.807, 2.05) is 0 Å². The molecule has 3 rings (SSSR count). The van der Waals surface area contributed by atoms with E-state index in [0.29, 0.717) is 11.5 Å². The highest BCUT2D eigenvalue weighted by Gasteiger charge is 2.58. The van der Waals surface area contributed by atoms with Crippen molar-refractivity contribution in [3.63, 3.8) is 0 Å². The van der Waals surface area contributed by atoms with Gasteiger partial charge in [0.2, 0.25) is 0 Å². The molecular weight excluding hydrogens is 134 g/mol. The zero-order chi connectivity index (χ0) is 7.47. The van der Waals surface area contributed by atoms with Crippen molar-refractivity contribution in [2.24, 2.45) is 23.0 Å². The van der Waals surface area contributed by atoms with E-state index >= 15 is 0 Å². The van der Waals surface area contributed by atoms with Gasteiger partial charge in [0, 0.05) is 6.04 Å². The number of fused-ring (bicyclic) bond motifs is 3. The Hall–Kier alpha value is -0.0400. The normalized spacial score (nSPS) is 51.5. The van der Waals surface area contributed by atoms with Crippen LogP contribution in [0.4, 0.5) is 0 Å². The highest BCUT2D eigenvalue weighted by Crippen LogP contribution is 2.63. The van der Waals surface area contributed by atoms with Crippen LogP contribution in [0.25, 0.3) is 0 Å². The molecule has 2 N–H and O–H groups in total. The molecule has 0 heterocycles. The van der Waals surface area contributed by atoms with Crippen molar-refractivity contribution in [2.75, 3.05) is 0 Å². The molecule has 1 nitrogen and oxygen atoms in total. The molecule has 0 aliphatic heterocycles. The van der Waals surface area contributed by atoms with Crippen LogP contribution in [0.2, 0.25) is 0 Å². The summed E-state index contributed by atoms with van der Waals surface area (Å²) in [5, 5.41) is 0. The first-order valence-electron chi connectivity index (χ1n) is 5.08. The molecule has 0 aromatic heterocycles. The summed E-state index contributed by atoms with van der Waals surface area (Å²) in [5.41, 5.74) is 6.93. The Balaban J connectivity index is 1.94. The summed E-state index contributed by atoms with van der Waals surface area (Å²) in [5.74, 6) is 1.96. The molecule has 2 bridgehead atoms. The van der Waals surface area contributed by atoms with Crippen LogP contribution in [-0.2, 0) is 0 Å². The van der Waals surface area contributed by atoms with Crippen LogP contribution >= 0.6 is 0 Å². The largest absolute Gasteiger partial charge is 0.327 e. The van der Waals surface area contributed by atoms with Crippen LogP contribution in [-0.4, -0.2) is 6.04 Å². The lowest BCUT2D eigenvalue weighted by molar-refractivity contribution is 0.0340. The highest BCUT2D eigenvalue weighted by molar-refractivity contribution is 5.11. The minimum atomic E-state index is 0.593. The van der Waals surface area contributed by atoms with Crippen LogP contribution in [0.15, 0.2) is 0 Å². The Morgan fingerprint density at radius 3 is 2.36 bits per heavy atom. The van der Waals surface area contributed by atoms with Gasteiger partial charge in [-0.2, -0.15) is 0 Å². The van der Waals surface area contributed by atoms with Crippen LogP contribution in [0.1, 0.15) is 38.5 Å². The number of nitrogens with two attached hydrogens (primary N) is 1. The Morgan fingerprint density at radius 2 is 2.00 bits per heavy atom.